The largest absolute Gasteiger partial charge is 0.478 e. The van der Waals surface area contributed by atoms with E-state index in [2.05, 4.69) is 0 Å². The highest BCUT2D eigenvalue weighted by Crippen LogP contribution is 2.23. The van der Waals surface area contributed by atoms with Gasteiger partial charge in [0, 0.05) is 6.42 Å². The quantitative estimate of drug-likeness (QED) is 0.753. The zero-order chi connectivity index (χ0) is 11.3. The van der Waals surface area contributed by atoms with Crippen LogP contribution in [0.3, 0.4) is 0 Å². The number of carbonyl (C=O) groups is 2. The van der Waals surface area contributed by atoms with Crippen molar-refractivity contribution in [2.24, 2.45) is 0 Å². The summed E-state index contributed by atoms with van der Waals surface area (Å²) in [6, 6.07) is 6.92. The topological polar surface area (TPSA) is 54.4 Å². The summed E-state index contributed by atoms with van der Waals surface area (Å²) in [7, 11) is 0. The molecule has 0 radical (unpaired) electrons. The van der Waals surface area contributed by atoms with Crippen LogP contribution in [0.4, 0.5) is 0 Å². The van der Waals surface area contributed by atoms with E-state index < -0.39 is 5.97 Å². The molecule has 1 aromatic rings. The molecule has 1 aromatic carbocycles. The minimum atomic E-state index is -0.913. The van der Waals surface area contributed by atoms with E-state index >= 15 is 0 Å². The molecular formula is C12H14O3. The number of hydrogen-bond donors (Lipinski definition) is 1. The smallest absolute Gasteiger partial charge is 0.335 e. The van der Waals surface area contributed by atoms with Gasteiger partial charge in [-0.05, 0) is 24.0 Å². The van der Waals surface area contributed by atoms with E-state index in [-0.39, 0.29) is 5.92 Å². The molecule has 0 aliphatic heterocycles. The molecule has 0 aliphatic rings. The predicted molar refractivity (Wildman–Crippen MR) is 57.1 cm³/mol. The molecule has 3 heteroatoms. The summed E-state index contributed by atoms with van der Waals surface area (Å²) in [5.41, 5.74) is 1.13. The highest BCUT2D eigenvalue weighted by molar-refractivity contribution is 5.89. The van der Waals surface area contributed by atoms with Crippen LogP contribution < -0.4 is 0 Å². The standard InChI is InChI=1S/C12H14O3/c1-9(5-4-8-13)10-6-2-3-7-11(10)12(14)15/h2-3,6-9H,4-5H2,1H3,(H,14,15)/t9-/m1/s1. The van der Waals surface area contributed by atoms with Crippen molar-refractivity contribution in [3.05, 3.63) is 35.4 Å². The summed E-state index contributed by atoms with van der Waals surface area (Å²) in [5.74, 6) is -0.814. The maximum Gasteiger partial charge on any atom is 0.335 e. The Morgan fingerprint density at radius 1 is 1.47 bits per heavy atom. The van der Waals surface area contributed by atoms with Crippen LogP contribution in [0.25, 0.3) is 0 Å². The molecule has 0 bridgehead atoms. The monoisotopic (exact) mass is 206 g/mol. The van der Waals surface area contributed by atoms with E-state index in [0.717, 1.165) is 11.8 Å². The number of aromatic carboxylic acids is 1. The highest BCUT2D eigenvalue weighted by atomic mass is 16.4. The van der Waals surface area contributed by atoms with Crippen LogP contribution in [0.2, 0.25) is 0 Å². The number of rotatable bonds is 5. The zero-order valence-electron chi connectivity index (χ0n) is 8.64. The number of carboxylic acid groups (broad SMARTS) is 1. The number of benzene rings is 1. The van der Waals surface area contributed by atoms with Gasteiger partial charge in [-0.25, -0.2) is 4.79 Å². The summed E-state index contributed by atoms with van der Waals surface area (Å²) < 4.78 is 0. The Hall–Kier alpha value is -1.64. The van der Waals surface area contributed by atoms with Crippen LogP contribution in [0.15, 0.2) is 24.3 Å². The molecule has 0 unspecified atom stereocenters. The van der Waals surface area contributed by atoms with Crippen LogP contribution in [0, 0.1) is 0 Å². The van der Waals surface area contributed by atoms with Crippen LogP contribution >= 0.6 is 0 Å². The van der Waals surface area contributed by atoms with Crippen molar-refractivity contribution in [2.75, 3.05) is 0 Å². The minimum absolute atomic E-state index is 0.0995. The second-order valence-corrected chi connectivity index (χ2v) is 3.54. The van der Waals surface area contributed by atoms with E-state index in [1.54, 1.807) is 18.2 Å². The van der Waals surface area contributed by atoms with Crippen molar-refractivity contribution in [3.8, 4) is 0 Å². The molecule has 1 N–H and O–H groups in total. The number of hydrogen-bond acceptors (Lipinski definition) is 2. The minimum Gasteiger partial charge on any atom is -0.478 e. The maximum absolute atomic E-state index is 10.9. The van der Waals surface area contributed by atoms with E-state index in [1.165, 1.54) is 0 Å². The average Bonchev–Trinajstić information content (AvgIpc) is 2.25. The Balaban J connectivity index is 2.91. The molecule has 0 spiro atoms. The number of carbonyl (C=O) groups excluding carboxylic acids is 1. The normalized spacial score (nSPS) is 12.1. The van der Waals surface area contributed by atoms with E-state index in [0.29, 0.717) is 18.4 Å². The summed E-state index contributed by atoms with van der Waals surface area (Å²) >= 11 is 0. The van der Waals surface area contributed by atoms with Crippen LogP contribution in [0.1, 0.15) is 41.6 Å². The number of carboxylic acids is 1. The SMILES string of the molecule is C[C@H](CCC=O)c1ccccc1C(=O)O. The second-order valence-electron chi connectivity index (χ2n) is 3.54. The van der Waals surface area contributed by atoms with Gasteiger partial charge in [0.05, 0.1) is 5.56 Å². The molecule has 0 heterocycles. The Bertz CT molecular complexity index is 358. The Morgan fingerprint density at radius 3 is 2.73 bits per heavy atom. The Kier molecular flexibility index (Phi) is 4.03. The van der Waals surface area contributed by atoms with Crippen molar-refractivity contribution in [2.45, 2.75) is 25.7 Å². The third kappa shape index (κ3) is 2.91. The molecule has 15 heavy (non-hydrogen) atoms. The molecule has 3 nitrogen and oxygen atoms in total. The fraction of sp³-hybridized carbons (Fsp3) is 0.333. The summed E-state index contributed by atoms with van der Waals surface area (Å²) in [4.78, 5) is 21.2. The van der Waals surface area contributed by atoms with Gasteiger partial charge in [0.25, 0.3) is 0 Å². The van der Waals surface area contributed by atoms with Crippen molar-refractivity contribution >= 4 is 12.3 Å². The summed E-state index contributed by atoms with van der Waals surface area (Å²) in [6.07, 6.45) is 2.02. The van der Waals surface area contributed by atoms with Crippen LogP contribution in [0.5, 0.6) is 0 Å². The van der Waals surface area contributed by atoms with Gasteiger partial charge in [0.15, 0.2) is 0 Å². The van der Waals surface area contributed by atoms with Crippen LogP contribution in [-0.4, -0.2) is 17.4 Å². The molecule has 0 aliphatic carbocycles. The average molecular weight is 206 g/mol. The van der Waals surface area contributed by atoms with Gasteiger partial charge < -0.3 is 9.90 Å². The molecule has 1 rings (SSSR count). The third-order valence-electron chi connectivity index (χ3n) is 2.44. The summed E-state index contributed by atoms with van der Waals surface area (Å²) in [6.45, 7) is 1.94. The van der Waals surface area contributed by atoms with E-state index in [9.17, 15) is 9.59 Å². The van der Waals surface area contributed by atoms with Crippen molar-refractivity contribution in [1.82, 2.24) is 0 Å². The fourth-order valence-electron chi connectivity index (χ4n) is 1.60. The first-order valence-corrected chi connectivity index (χ1v) is 4.92. The molecule has 0 aromatic heterocycles. The van der Waals surface area contributed by atoms with Gasteiger partial charge in [0.2, 0.25) is 0 Å². The first-order valence-electron chi connectivity index (χ1n) is 4.92. The van der Waals surface area contributed by atoms with Gasteiger partial charge in [-0.3, -0.25) is 0 Å². The Labute approximate surface area is 88.7 Å². The Morgan fingerprint density at radius 2 is 2.13 bits per heavy atom. The second kappa shape index (κ2) is 5.29. The molecule has 0 saturated heterocycles. The lowest BCUT2D eigenvalue weighted by molar-refractivity contribution is -0.108. The van der Waals surface area contributed by atoms with E-state index in [4.69, 9.17) is 5.11 Å². The highest BCUT2D eigenvalue weighted by Gasteiger charge is 2.14. The molecular weight excluding hydrogens is 192 g/mol. The predicted octanol–water partition coefficient (Wildman–Crippen LogP) is 2.47. The van der Waals surface area contributed by atoms with Crippen molar-refractivity contribution in [3.63, 3.8) is 0 Å². The maximum atomic E-state index is 10.9. The lowest BCUT2D eigenvalue weighted by atomic mass is 9.92. The van der Waals surface area contributed by atoms with Gasteiger partial charge in [-0.1, -0.05) is 25.1 Å². The van der Waals surface area contributed by atoms with Crippen molar-refractivity contribution < 1.29 is 14.7 Å². The molecule has 0 amide bonds. The van der Waals surface area contributed by atoms with Gasteiger partial charge in [-0.15, -0.1) is 0 Å². The molecule has 0 fully saturated rings. The van der Waals surface area contributed by atoms with Gasteiger partial charge in [0.1, 0.15) is 6.29 Å². The van der Waals surface area contributed by atoms with Gasteiger partial charge >= 0.3 is 5.97 Å². The van der Waals surface area contributed by atoms with E-state index in [1.807, 2.05) is 13.0 Å². The first-order chi connectivity index (χ1) is 7.16. The molecule has 1 atom stereocenters. The van der Waals surface area contributed by atoms with Gasteiger partial charge in [-0.2, -0.15) is 0 Å². The van der Waals surface area contributed by atoms with Crippen molar-refractivity contribution in [1.29, 1.82) is 0 Å². The number of aldehydes is 1. The van der Waals surface area contributed by atoms with Crippen LogP contribution in [-0.2, 0) is 4.79 Å². The fourth-order valence-corrected chi connectivity index (χ4v) is 1.60. The third-order valence-corrected chi connectivity index (χ3v) is 2.44. The molecule has 0 saturated carbocycles. The lowest BCUT2D eigenvalue weighted by Crippen LogP contribution is -2.05. The first kappa shape index (κ1) is 11.4. The summed E-state index contributed by atoms with van der Waals surface area (Å²) in [5, 5.41) is 8.97. The molecule has 80 valence electrons. The lowest BCUT2D eigenvalue weighted by Gasteiger charge is -2.12. The zero-order valence-corrected chi connectivity index (χ0v) is 8.64.